The van der Waals surface area contributed by atoms with Crippen LogP contribution in [0, 0.1) is 11.6 Å². The van der Waals surface area contributed by atoms with Gasteiger partial charge in [0.15, 0.2) is 5.65 Å². The van der Waals surface area contributed by atoms with Crippen molar-refractivity contribution in [2.45, 2.75) is 43.7 Å². The van der Waals surface area contributed by atoms with Crippen molar-refractivity contribution in [1.82, 2.24) is 29.3 Å². The number of halogens is 2. The van der Waals surface area contributed by atoms with Gasteiger partial charge in [0.25, 0.3) is 0 Å². The average molecular weight is 480 g/mol. The summed E-state index contributed by atoms with van der Waals surface area (Å²) in [5.74, 6) is -0.0137. The molecule has 8 nitrogen and oxygen atoms in total. The highest BCUT2D eigenvalue weighted by molar-refractivity contribution is 5.89. The molecule has 35 heavy (non-hydrogen) atoms. The minimum atomic E-state index is -0.666. The molecule has 1 saturated heterocycles. The zero-order valence-corrected chi connectivity index (χ0v) is 19.9. The second-order valence-corrected chi connectivity index (χ2v) is 9.66. The minimum Gasteiger partial charge on any atom is -0.373 e. The van der Waals surface area contributed by atoms with Gasteiger partial charge in [0.05, 0.1) is 18.3 Å². The topological polar surface area (TPSA) is 73.9 Å². The van der Waals surface area contributed by atoms with Gasteiger partial charge < -0.3 is 14.2 Å². The minimum absolute atomic E-state index is 0.00879. The number of hydrogen-bond donors (Lipinski definition) is 0. The molecule has 0 unspecified atom stereocenters. The van der Waals surface area contributed by atoms with Gasteiger partial charge in [-0.25, -0.2) is 18.7 Å². The molecule has 6 rings (SSSR count). The van der Waals surface area contributed by atoms with E-state index in [1.165, 1.54) is 25.0 Å². The summed E-state index contributed by atoms with van der Waals surface area (Å²) in [7, 11) is 5.62. The molecule has 182 valence electrons. The Bertz CT molecular complexity index is 1410. The van der Waals surface area contributed by atoms with E-state index in [4.69, 9.17) is 19.7 Å². The molecule has 2 fully saturated rings. The van der Waals surface area contributed by atoms with E-state index >= 15 is 0 Å². The number of imidazole rings is 1. The van der Waals surface area contributed by atoms with Crippen molar-refractivity contribution in [1.29, 1.82) is 0 Å². The smallest absolute Gasteiger partial charge is 0.207 e. The molecule has 0 bridgehead atoms. The zero-order valence-electron chi connectivity index (χ0n) is 19.9. The monoisotopic (exact) mass is 479 g/mol. The molecular formula is C25H27F2N7O. The molecule has 10 heteroatoms. The highest BCUT2D eigenvalue weighted by atomic mass is 19.1. The molecule has 1 aliphatic carbocycles. The van der Waals surface area contributed by atoms with E-state index in [9.17, 15) is 8.78 Å². The standard InChI is InChI=1S/C25H27F2N7O/c1-32(2)25-31-24-22(33(25)3)21(18-7-4-16(26)11-19(18)27)29-23(30-24)14-8-9-35-20(10-14)15-12-28-34(13-15)17-5-6-17/h4,7,11-14,17,20H,5-6,8-10H2,1-3H3/t14-,20+/m0/s1. The first-order valence-electron chi connectivity index (χ1n) is 11.9. The van der Waals surface area contributed by atoms with E-state index in [0.717, 1.165) is 18.1 Å². The summed E-state index contributed by atoms with van der Waals surface area (Å²) in [5, 5.41) is 4.51. The fourth-order valence-electron chi connectivity index (χ4n) is 4.89. The maximum Gasteiger partial charge on any atom is 0.207 e. The number of aryl methyl sites for hydroxylation is 1. The number of hydrogen-bond acceptors (Lipinski definition) is 6. The number of ether oxygens (including phenoxy) is 1. The number of nitrogens with zero attached hydrogens (tertiary/aromatic N) is 7. The van der Waals surface area contributed by atoms with Gasteiger partial charge >= 0.3 is 0 Å². The number of aromatic nitrogens is 6. The largest absolute Gasteiger partial charge is 0.373 e. The Kier molecular flexibility index (Phi) is 5.28. The van der Waals surface area contributed by atoms with Crippen LogP contribution in [-0.2, 0) is 11.8 Å². The molecule has 2 aliphatic rings. The van der Waals surface area contributed by atoms with Crippen LogP contribution < -0.4 is 4.90 Å². The molecule has 0 N–H and O–H groups in total. The second kappa shape index (κ2) is 8.37. The summed E-state index contributed by atoms with van der Waals surface area (Å²) in [5.41, 5.74) is 2.79. The van der Waals surface area contributed by atoms with Crippen LogP contribution in [0.2, 0.25) is 0 Å². The summed E-state index contributed by atoms with van der Waals surface area (Å²) in [4.78, 5) is 16.3. The molecule has 1 aliphatic heterocycles. The molecule has 0 spiro atoms. The van der Waals surface area contributed by atoms with Gasteiger partial charge in [-0.1, -0.05) is 0 Å². The van der Waals surface area contributed by atoms with E-state index in [-0.39, 0.29) is 17.6 Å². The van der Waals surface area contributed by atoms with Gasteiger partial charge in [-0.05, 0) is 37.8 Å². The average Bonchev–Trinajstić information content (AvgIpc) is 3.47. The molecule has 2 atom stereocenters. The predicted molar refractivity (Wildman–Crippen MR) is 127 cm³/mol. The Morgan fingerprint density at radius 1 is 1.09 bits per heavy atom. The van der Waals surface area contributed by atoms with Crippen LogP contribution in [0.1, 0.15) is 55.1 Å². The Hall–Kier alpha value is -3.40. The fraction of sp³-hybridized carbons (Fsp3) is 0.440. The Morgan fingerprint density at radius 2 is 1.91 bits per heavy atom. The molecule has 4 aromatic rings. The van der Waals surface area contributed by atoms with Crippen LogP contribution in [0.15, 0.2) is 30.6 Å². The molecule has 1 saturated carbocycles. The maximum atomic E-state index is 14.9. The fourth-order valence-corrected chi connectivity index (χ4v) is 4.89. The van der Waals surface area contributed by atoms with Crippen LogP contribution in [0.25, 0.3) is 22.4 Å². The van der Waals surface area contributed by atoms with Crippen molar-refractivity contribution in [3.63, 3.8) is 0 Å². The molecule has 0 amide bonds. The van der Waals surface area contributed by atoms with Crippen molar-refractivity contribution >= 4 is 17.1 Å². The second-order valence-electron chi connectivity index (χ2n) is 9.66. The summed E-state index contributed by atoms with van der Waals surface area (Å²) in [6.45, 7) is 0.566. The summed E-state index contributed by atoms with van der Waals surface area (Å²) >= 11 is 0. The highest BCUT2D eigenvalue weighted by Gasteiger charge is 2.31. The quantitative estimate of drug-likeness (QED) is 0.418. The third-order valence-corrected chi connectivity index (χ3v) is 6.87. The van der Waals surface area contributed by atoms with Crippen molar-refractivity contribution in [3.8, 4) is 11.3 Å². The van der Waals surface area contributed by atoms with Crippen LogP contribution in [0.5, 0.6) is 0 Å². The lowest BCUT2D eigenvalue weighted by atomic mass is 9.92. The lowest BCUT2D eigenvalue weighted by molar-refractivity contribution is 0.00396. The molecular weight excluding hydrogens is 452 g/mol. The van der Waals surface area contributed by atoms with E-state index in [1.807, 2.05) is 41.5 Å². The van der Waals surface area contributed by atoms with Crippen molar-refractivity contribution in [2.75, 3.05) is 25.6 Å². The van der Waals surface area contributed by atoms with Gasteiger partial charge in [-0.15, -0.1) is 0 Å². The zero-order chi connectivity index (χ0) is 24.3. The number of rotatable bonds is 5. The lowest BCUT2D eigenvalue weighted by Gasteiger charge is -2.28. The molecule has 4 heterocycles. The molecule has 0 radical (unpaired) electrons. The van der Waals surface area contributed by atoms with Gasteiger partial charge in [0.1, 0.15) is 28.7 Å². The van der Waals surface area contributed by atoms with Crippen molar-refractivity contribution in [2.24, 2.45) is 7.05 Å². The van der Waals surface area contributed by atoms with Crippen LogP contribution in [0.4, 0.5) is 14.7 Å². The first-order chi connectivity index (χ1) is 16.9. The number of benzene rings is 1. The third kappa shape index (κ3) is 3.95. The van der Waals surface area contributed by atoms with Gasteiger partial charge in [-0.3, -0.25) is 4.68 Å². The lowest BCUT2D eigenvalue weighted by Crippen LogP contribution is -2.20. The summed E-state index contributed by atoms with van der Waals surface area (Å²) < 4.78 is 38.5. The van der Waals surface area contributed by atoms with Gasteiger partial charge in [0.2, 0.25) is 5.95 Å². The van der Waals surface area contributed by atoms with E-state index in [2.05, 4.69) is 11.3 Å². The Morgan fingerprint density at radius 3 is 2.66 bits per heavy atom. The summed E-state index contributed by atoms with van der Waals surface area (Å²) in [6, 6.07) is 4.07. The summed E-state index contributed by atoms with van der Waals surface area (Å²) in [6.07, 6.45) is 7.65. The van der Waals surface area contributed by atoms with Crippen LogP contribution >= 0.6 is 0 Å². The third-order valence-electron chi connectivity index (χ3n) is 6.87. The first-order valence-corrected chi connectivity index (χ1v) is 11.9. The van der Waals surface area contributed by atoms with E-state index in [1.54, 1.807) is 0 Å². The first kappa shape index (κ1) is 22.1. The Balaban J connectivity index is 1.42. The number of fused-ring (bicyclic) bond motifs is 1. The van der Waals surface area contributed by atoms with Crippen molar-refractivity contribution in [3.05, 3.63) is 53.6 Å². The Labute approximate surface area is 201 Å². The van der Waals surface area contributed by atoms with E-state index in [0.29, 0.717) is 47.7 Å². The molecule has 3 aromatic heterocycles. The number of anilines is 1. The highest BCUT2D eigenvalue weighted by Crippen LogP contribution is 2.40. The van der Waals surface area contributed by atoms with Crippen molar-refractivity contribution < 1.29 is 13.5 Å². The van der Waals surface area contributed by atoms with Gasteiger partial charge in [0, 0.05) is 57.1 Å². The van der Waals surface area contributed by atoms with Gasteiger partial charge in [-0.2, -0.15) is 10.1 Å². The normalized spacial score (nSPS) is 20.5. The maximum absolute atomic E-state index is 14.9. The SMILES string of the molecule is CN(C)c1nc2nc([C@H]3CCO[C@@H](c4cnn(C5CC5)c4)C3)nc(-c3ccc(F)cc3F)c2n1C. The predicted octanol–water partition coefficient (Wildman–Crippen LogP) is 4.54. The van der Waals surface area contributed by atoms with E-state index < -0.39 is 11.6 Å². The van der Waals surface area contributed by atoms with Crippen LogP contribution in [-0.4, -0.2) is 50.0 Å². The van der Waals surface area contributed by atoms with Crippen LogP contribution in [0.3, 0.4) is 0 Å². The molecule has 1 aromatic carbocycles.